The summed E-state index contributed by atoms with van der Waals surface area (Å²) in [6.07, 6.45) is 9.76. The van der Waals surface area contributed by atoms with Gasteiger partial charge in [0.15, 0.2) is 5.03 Å². The number of carbonyl (C=O) groups is 1. The summed E-state index contributed by atoms with van der Waals surface area (Å²) < 4.78 is 28.3. The van der Waals surface area contributed by atoms with Crippen LogP contribution in [0.1, 0.15) is 42.6 Å². The van der Waals surface area contributed by atoms with Gasteiger partial charge in [-0.2, -0.15) is 9.40 Å². The van der Waals surface area contributed by atoms with Gasteiger partial charge < -0.3 is 10.3 Å². The summed E-state index contributed by atoms with van der Waals surface area (Å²) in [4.78, 5) is 19.5. The highest BCUT2D eigenvalue weighted by Crippen LogP contribution is 2.26. The number of aromatic nitrogens is 4. The molecule has 3 aromatic heterocycles. The maximum Gasteiger partial charge on any atom is 0.267 e. The standard InChI is InChI=1S/C21H28N6O3S/c1-26-11-8-20(25-26)31(29,30)27-12-6-16(7-13-27)4-2-3-9-23-21(28)19-14-17-15-22-10-5-18(17)24-19/h5,8,10-11,14-16,24H,2-4,6-7,9,12-13H2,1H3,(H,23,28). The monoisotopic (exact) mass is 444 g/mol. The molecule has 4 heterocycles. The smallest absolute Gasteiger partial charge is 0.267 e. The summed E-state index contributed by atoms with van der Waals surface area (Å²) in [5.41, 5.74) is 1.45. The Kier molecular flexibility index (Phi) is 6.38. The highest BCUT2D eigenvalue weighted by Gasteiger charge is 2.30. The van der Waals surface area contributed by atoms with Crippen LogP contribution in [0.3, 0.4) is 0 Å². The Morgan fingerprint density at radius 3 is 2.77 bits per heavy atom. The molecule has 3 aromatic rings. The Bertz CT molecular complexity index is 1110. The second-order valence-corrected chi connectivity index (χ2v) is 9.96. The first-order valence-corrected chi connectivity index (χ1v) is 12.1. The van der Waals surface area contributed by atoms with Gasteiger partial charge >= 0.3 is 0 Å². The van der Waals surface area contributed by atoms with Crippen molar-refractivity contribution in [3.8, 4) is 0 Å². The molecular weight excluding hydrogens is 416 g/mol. The van der Waals surface area contributed by atoms with E-state index in [4.69, 9.17) is 0 Å². The van der Waals surface area contributed by atoms with Gasteiger partial charge in [-0.25, -0.2) is 8.42 Å². The van der Waals surface area contributed by atoms with Gasteiger partial charge in [0.05, 0.1) is 0 Å². The van der Waals surface area contributed by atoms with Crippen molar-refractivity contribution in [2.45, 2.75) is 37.1 Å². The molecule has 31 heavy (non-hydrogen) atoms. The number of aryl methyl sites for hydroxylation is 1. The van der Waals surface area contributed by atoms with Gasteiger partial charge in [-0.05, 0) is 43.4 Å². The predicted octanol–water partition coefficient (Wildman–Crippen LogP) is 2.30. The van der Waals surface area contributed by atoms with Crippen LogP contribution >= 0.6 is 0 Å². The Morgan fingerprint density at radius 1 is 1.26 bits per heavy atom. The lowest BCUT2D eigenvalue weighted by Gasteiger charge is -2.30. The lowest BCUT2D eigenvalue weighted by molar-refractivity contribution is 0.0948. The van der Waals surface area contributed by atoms with E-state index < -0.39 is 10.0 Å². The molecule has 1 saturated heterocycles. The van der Waals surface area contributed by atoms with Crippen LogP contribution in [-0.4, -0.2) is 58.0 Å². The molecule has 0 bridgehead atoms. The van der Waals surface area contributed by atoms with Gasteiger partial charge in [0.2, 0.25) is 0 Å². The number of pyridine rings is 1. The van der Waals surface area contributed by atoms with Crippen molar-refractivity contribution < 1.29 is 13.2 Å². The molecule has 2 N–H and O–H groups in total. The zero-order valence-corrected chi connectivity index (χ0v) is 18.4. The van der Waals surface area contributed by atoms with Crippen LogP contribution in [0, 0.1) is 5.92 Å². The van der Waals surface area contributed by atoms with E-state index in [2.05, 4.69) is 20.4 Å². The minimum Gasteiger partial charge on any atom is -0.351 e. The highest BCUT2D eigenvalue weighted by atomic mass is 32.2. The molecule has 1 aliphatic rings. The molecule has 1 fully saturated rings. The third-order valence-corrected chi connectivity index (χ3v) is 7.65. The van der Waals surface area contributed by atoms with Crippen LogP contribution < -0.4 is 5.32 Å². The van der Waals surface area contributed by atoms with E-state index in [1.54, 1.807) is 36.0 Å². The van der Waals surface area contributed by atoms with Crippen LogP contribution in [0.25, 0.3) is 10.9 Å². The Balaban J connectivity index is 1.16. The number of hydrogen-bond donors (Lipinski definition) is 2. The zero-order chi connectivity index (χ0) is 21.8. The number of rotatable bonds is 8. The number of nitrogens with one attached hydrogen (secondary N) is 2. The number of hydrogen-bond acceptors (Lipinski definition) is 5. The van der Waals surface area contributed by atoms with Crippen LogP contribution in [0.2, 0.25) is 0 Å². The summed E-state index contributed by atoms with van der Waals surface area (Å²) in [6.45, 7) is 1.70. The van der Waals surface area contributed by atoms with Crippen molar-refractivity contribution in [3.05, 3.63) is 42.5 Å². The molecule has 0 aromatic carbocycles. The van der Waals surface area contributed by atoms with Crippen molar-refractivity contribution in [2.75, 3.05) is 19.6 Å². The molecule has 0 unspecified atom stereocenters. The SMILES string of the molecule is Cn1ccc(S(=O)(=O)N2CCC(CCCCNC(=O)c3cc4cnccc4[nH]3)CC2)n1. The fourth-order valence-electron chi connectivity index (χ4n) is 4.05. The van der Waals surface area contributed by atoms with Crippen molar-refractivity contribution in [3.63, 3.8) is 0 Å². The second kappa shape index (κ2) is 9.19. The Morgan fingerprint density at radius 2 is 2.06 bits per heavy atom. The molecular formula is C21H28N6O3S. The number of nitrogens with zero attached hydrogens (tertiary/aromatic N) is 4. The fourth-order valence-corrected chi connectivity index (χ4v) is 5.47. The molecule has 166 valence electrons. The minimum atomic E-state index is -3.49. The normalized spacial score (nSPS) is 16.0. The van der Waals surface area contributed by atoms with Crippen molar-refractivity contribution in [2.24, 2.45) is 13.0 Å². The van der Waals surface area contributed by atoms with Gasteiger partial charge in [0.1, 0.15) is 5.69 Å². The third kappa shape index (κ3) is 4.96. The largest absolute Gasteiger partial charge is 0.351 e. The van der Waals surface area contributed by atoms with E-state index in [9.17, 15) is 13.2 Å². The van der Waals surface area contributed by atoms with E-state index in [0.29, 0.717) is 31.2 Å². The molecule has 0 spiro atoms. The number of carbonyl (C=O) groups excluding carboxylic acids is 1. The molecule has 1 amide bonds. The average molecular weight is 445 g/mol. The Hall–Kier alpha value is -2.72. The van der Waals surface area contributed by atoms with E-state index in [0.717, 1.165) is 43.0 Å². The highest BCUT2D eigenvalue weighted by molar-refractivity contribution is 7.89. The molecule has 0 aliphatic carbocycles. The molecule has 1 aliphatic heterocycles. The molecule has 0 saturated carbocycles. The van der Waals surface area contributed by atoms with Crippen LogP contribution in [-0.2, 0) is 17.1 Å². The van der Waals surface area contributed by atoms with Gasteiger partial charge in [0.25, 0.3) is 15.9 Å². The van der Waals surface area contributed by atoms with Crippen LogP contribution in [0.4, 0.5) is 0 Å². The molecule has 10 heteroatoms. The summed E-state index contributed by atoms with van der Waals surface area (Å²) in [7, 11) is -1.78. The van der Waals surface area contributed by atoms with Gasteiger partial charge in [-0.3, -0.25) is 14.5 Å². The maximum atomic E-state index is 12.6. The lowest BCUT2D eigenvalue weighted by atomic mass is 9.92. The minimum absolute atomic E-state index is 0.107. The van der Waals surface area contributed by atoms with E-state index in [1.807, 2.05) is 12.1 Å². The quantitative estimate of drug-likeness (QED) is 0.518. The van der Waals surface area contributed by atoms with Crippen molar-refractivity contribution in [1.82, 2.24) is 29.4 Å². The van der Waals surface area contributed by atoms with E-state index >= 15 is 0 Å². The molecule has 0 atom stereocenters. The first kappa shape index (κ1) is 21.5. The number of amides is 1. The fraction of sp³-hybridized carbons (Fsp3) is 0.476. The van der Waals surface area contributed by atoms with Gasteiger partial charge in [-0.15, -0.1) is 0 Å². The zero-order valence-electron chi connectivity index (χ0n) is 17.6. The van der Waals surface area contributed by atoms with E-state index in [-0.39, 0.29) is 10.9 Å². The number of sulfonamides is 1. The van der Waals surface area contributed by atoms with Gasteiger partial charge in [0, 0.05) is 56.2 Å². The Labute approximate surface area is 181 Å². The number of fused-ring (bicyclic) bond motifs is 1. The van der Waals surface area contributed by atoms with Crippen molar-refractivity contribution >= 4 is 26.8 Å². The number of H-pyrrole nitrogens is 1. The molecule has 0 radical (unpaired) electrons. The lowest BCUT2D eigenvalue weighted by Crippen LogP contribution is -2.38. The summed E-state index contributed by atoms with van der Waals surface area (Å²) in [5.74, 6) is 0.413. The first-order chi connectivity index (χ1) is 14.9. The van der Waals surface area contributed by atoms with Gasteiger partial charge in [-0.1, -0.05) is 12.8 Å². The number of aromatic amines is 1. The number of piperidine rings is 1. The molecule has 4 rings (SSSR count). The van der Waals surface area contributed by atoms with Crippen LogP contribution in [0.5, 0.6) is 0 Å². The summed E-state index contributed by atoms with van der Waals surface area (Å²) >= 11 is 0. The van der Waals surface area contributed by atoms with Crippen LogP contribution in [0.15, 0.2) is 41.8 Å². The average Bonchev–Trinajstić information content (AvgIpc) is 3.40. The van der Waals surface area contributed by atoms with Crippen molar-refractivity contribution in [1.29, 1.82) is 0 Å². The predicted molar refractivity (Wildman–Crippen MR) is 117 cm³/mol. The molecule has 9 nitrogen and oxygen atoms in total. The maximum absolute atomic E-state index is 12.6. The first-order valence-electron chi connectivity index (χ1n) is 10.6. The number of unbranched alkanes of at least 4 members (excludes halogenated alkanes) is 1. The second-order valence-electron chi connectivity index (χ2n) is 8.07. The third-order valence-electron chi connectivity index (χ3n) is 5.86. The topological polar surface area (TPSA) is 113 Å². The summed E-state index contributed by atoms with van der Waals surface area (Å²) in [5, 5.41) is 8.04. The summed E-state index contributed by atoms with van der Waals surface area (Å²) in [6, 6.07) is 5.20. The van der Waals surface area contributed by atoms with E-state index in [1.165, 1.54) is 4.68 Å².